The first-order chi connectivity index (χ1) is 9.93. The molecular formula is C10H17F6NO4Si. The third kappa shape index (κ3) is 6.10. The van der Waals surface area contributed by atoms with Gasteiger partial charge in [0.05, 0.1) is 0 Å². The van der Waals surface area contributed by atoms with Crippen molar-refractivity contribution in [2.45, 2.75) is 24.8 Å². The third-order valence-electron chi connectivity index (χ3n) is 2.81. The van der Waals surface area contributed by atoms with E-state index in [9.17, 15) is 31.1 Å². The van der Waals surface area contributed by atoms with E-state index < -0.39 is 39.5 Å². The normalized spacial score (nSPS) is 13.5. The maximum atomic E-state index is 12.3. The van der Waals surface area contributed by atoms with Crippen LogP contribution < -0.4 is 5.32 Å². The fraction of sp³-hybridized carbons (Fsp3) is 0.900. The van der Waals surface area contributed by atoms with Crippen LogP contribution in [0.5, 0.6) is 0 Å². The Kier molecular flexibility index (Phi) is 7.81. The van der Waals surface area contributed by atoms with E-state index in [2.05, 4.69) is 0 Å². The molecule has 0 bridgehead atoms. The largest absolute Gasteiger partial charge is 0.500 e. The topological polar surface area (TPSA) is 56.8 Å². The van der Waals surface area contributed by atoms with Crippen LogP contribution in [0.2, 0.25) is 6.04 Å². The number of amides is 1. The van der Waals surface area contributed by atoms with E-state index >= 15 is 0 Å². The average molecular weight is 357 g/mol. The summed E-state index contributed by atoms with van der Waals surface area (Å²) >= 11 is 0. The first-order valence-corrected chi connectivity index (χ1v) is 7.93. The summed E-state index contributed by atoms with van der Waals surface area (Å²) in [4.78, 5) is 11.1. The second kappa shape index (κ2) is 8.13. The lowest BCUT2D eigenvalue weighted by atomic mass is 10.1. The maximum Gasteiger partial charge on any atom is 0.500 e. The average Bonchev–Trinajstić information content (AvgIpc) is 2.36. The third-order valence-corrected chi connectivity index (χ3v) is 5.64. The van der Waals surface area contributed by atoms with Crippen molar-refractivity contribution in [2.24, 2.45) is 5.92 Å². The Balaban J connectivity index is 4.56. The molecular weight excluding hydrogens is 340 g/mol. The van der Waals surface area contributed by atoms with Crippen LogP contribution in [0, 0.1) is 5.92 Å². The minimum atomic E-state index is -5.70. The molecule has 0 saturated heterocycles. The molecule has 0 fully saturated rings. The minimum Gasteiger partial charge on any atom is -0.377 e. The maximum absolute atomic E-state index is 12.3. The molecule has 0 aliphatic rings. The first kappa shape index (κ1) is 21.1. The Morgan fingerprint density at radius 3 is 1.73 bits per heavy atom. The lowest BCUT2D eigenvalue weighted by Gasteiger charge is -2.25. The molecule has 1 N–H and O–H groups in total. The van der Waals surface area contributed by atoms with Gasteiger partial charge in [-0.3, -0.25) is 4.79 Å². The second-order valence-electron chi connectivity index (χ2n) is 4.21. The number of hydrogen-bond acceptors (Lipinski definition) is 4. The van der Waals surface area contributed by atoms with Crippen LogP contribution in [0.3, 0.4) is 0 Å². The predicted octanol–water partition coefficient (Wildman–Crippen LogP) is 2.11. The number of hydrogen-bond donors (Lipinski definition) is 1. The molecule has 0 aromatic rings. The van der Waals surface area contributed by atoms with Crippen molar-refractivity contribution in [1.29, 1.82) is 0 Å². The highest BCUT2D eigenvalue weighted by molar-refractivity contribution is 6.60. The standard InChI is InChI=1S/C10H17F6NO4Si/c1-19-22(20-2,21-3)6-4-5-17-8(18)7(9(11,12)13)10(14,15)16/h7H,4-6H2,1-3H3,(H,17,18). The van der Waals surface area contributed by atoms with Crippen molar-refractivity contribution in [3.8, 4) is 0 Å². The van der Waals surface area contributed by atoms with Gasteiger partial charge >= 0.3 is 21.2 Å². The fourth-order valence-corrected chi connectivity index (χ4v) is 3.38. The molecule has 0 heterocycles. The molecule has 0 rings (SSSR count). The van der Waals surface area contributed by atoms with Crippen LogP contribution in [-0.4, -0.2) is 54.9 Å². The number of carbonyl (C=O) groups excluding carboxylic acids is 1. The zero-order valence-electron chi connectivity index (χ0n) is 12.1. The molecule has 1 amide bonds. The Hall–Kier alpha value is -0.853. The highest BCUT2D eigenvalue weighted by Gasteiger charge is 2.61. The summed E-state index contributed by atoms with van der Waals surface area (Å²) in [6, 6.07) is 0.124. The monoisotopic (exact) mass is 357 g/mol. The van der Waals surface area contributed by atoms with Crippen molar-refractivity contribution >= 4 is 14.7 Å². The molecule has 0 atom stereocenters. The molecule has 0 saturated carbocycles. The highest BCUT2D eigenvalue weighted by Crippen LogP contribution is 2.39. The van der Waals surface area contributed by atoms with Gasteiger partial charge < -0.3 is 18.6 Å². The number of alkyl halides is 6. The van der Waals surface area contributed by atoms with Gasteiger partial charge in [0, 0.05) is 33.9 Å². The number of rotatable bonds is 8. The van der Waals surface area contributed by atoms with E-state index in [0.717, 1.165) is 0 Å². The molecule has 0 spiro atoms. The summed E-state index contributed by atoms with van der Waals surface area (Å²) < 4.78 is 88.8. The quantitative estimate of drug-likeness (QED) is 0.411. The molecule has 0 aliphatic heterocycles. The smallest absolute Gasteiger partial charge is 0.377 e. The molecule has 22 heavy (non-hydrogen) atoms. The molecule has 0 aromatic carbocycles. The molecule has 132 valence electrons. The van der Waals surface area contributed by atoms with E-state index in [-0.39, 0.29) is 12.5 Å². The van der Waals surface area contributed by atoms with Gasteiger partial charge in [-0.1, -0.05) is 0 Å². The fourth-order valence-electron chi connectivity index (χ4n) is 1.66. The van der Waals surface area contributed by atoms with Crippen LogP contribution in [0.1, 0.15) is 6.42 Å². The van der Waals surface area contributed by atoms with Crippen LogP contribution >= 0.6 is 0 Å². The van der Waals surface area contributed by atoms with Gasteiger partial charge in [0.2, 0.25) is 11.8 Å². The lowest BCUT2D eigenvalue weighted by molar-refractivity contribution is -0.274. The Labute approximate surface area is 124 Å². The molecule has 0 aliphatic carbocycles. The lowest BCUT2D eigenvalue weighted by Crippen LogP contribution is -2.48. The SMILES string of the molecule is CO[Si](CCCNC(=O)C(C(F)(F)F)C(F)(F)F)(OC)OC. The number of nitrogens with one attached hydrogen (secondary N) is 1. The highest BCUT2D eigenvalue weighted by atomic mass is 28.4. The number of halogens is 6. The summed E-state index contributed by atoms with van der Waals surface area (Å²) in [7, 11) is 0.934. The summed E-state index contributed by atoms with van der Waals surface area (Å²) in [6.07, 6.45) is -11.4. The molecule has 5 nitrogen and oxygen atoms in total. The zero-order valence-corrected chi connectivity index (χ0v) is 13.1. The van der Waals surface area contributed by atoms with E-state index in [1.165, 1.54) is 21.3 Å². The van der Waals surface area contributed by atoms with Crippen molar-refractivity contribution in [2.75, 3.05) is 27.9 Å². The summed E-state index contributed by atoms with van der Waals surface area (Å²) in [5.41, 5.74) is 0. The molecule has 0 aromatic heterocycles. The van der Waals surface area contributed by atoms with Gasteiger partial charge in [-0.25, -0.2) is 0 Å². The first-order valence-electron chi connectivity index (χ1n) is 6.00. The van der Waals surface area contributed by atoms with Crippen molar-refractivity contribution in [1.82, 2.24) is 5.32 Å². The predicted molar refractivity (Wildman–Crippen MR) is 64.8 cm³/mol. The molecule has 0 unspecified atom stereocenters. The Bertz CT molecular complexity index is 336. The molecule has 0 radical (unpaired) electrons. The van der Waals surface area contributed by atoms with E-state index in [1.54, 1.807) is 5.32 Å². The van der Waals surface area contributed by atoms with Crippen molar-refractivity contribution in [3.63, 3.8) is 0 Å². The van der Waals surface area contributed by atoms with Gasteiger partial charge in [-0.05, 0) is 6.42 Å². The van der Waals surface area contributed by atoms with E-state index in [0.29, 0.717) is 0 Å². The van der Waals surface area contributed by atoms with Gasteiger partial charge in [0.1, 0.15) is 0 Å². The van der Waals surface area contributed by atoms with Gasteiger partial charge in [-0.15, -0.1) is 0 Å². The van der Waals surface area contributed by atoms with Crippen molar-refractivity contribution in [3.05, 3.63) is 0 Å². The Morgan fingerprint density at radius 1 is 1.00 bits per heavy atom. The molecule has 12 heteroatoms. The number of carbonyl (C=O) groups is 1. The second-order valence-corrected chi connectivity index (χ2v) is 7.30. The summed E-state index contributed by atoms with van der Waals surface area (Å²) in [5.74, 6) is -6.19. The summed E-state index contributed by atoms with van der Waals surface area (Å²) in [6.45, 7) is -0.397. The van der Waals surface area contributed by atoms with Crippen LogP contribution in [0.25, 0.3) is 0 Å². The Morgan fingerprint density at radius 2 is 1.41 bits per heavy atom. The van der Waals surface area contributed by atoms with Gasteiger partial charge in [0.15, 0.2) is 0 Å². The zero-order chi connectivity index (χ0) is 17.6. The minimum absolute atomic E-state index is 0.0376. The van der Waals surface area contributed by atoms with E-state index in [1.807, 2.05) is 0 Å². The van der Waals surface area contributed by atoms with Gasteiger partial charge in [0.25, 0.3) is 0 Å². The van der Waals surface area contributed by atoms with Crippen LogP contribution in [-0.2, 0) is 18.1 Å². The van der Waals surface area contributed by atoms with Crippen LogP contribution in [0.4, 0.5) is 26.3 Å². The van der Waals surface area contributed by atoms with Gasteiger partial charge in [-0.2, -0.15) is 26.3 Å². The van der Waals surface area contributed by atoms with Crippen molar-refractivity contribution < 1.29 is 44.4 Å². The summed E-state index contributed by atoms with van der Waals surface area (Å²) in [5, 5.41) is 1.62. The van der Waals surface area contributed by atoms with Crippen LogP contribution in [0.15, 0.2) is 0 Å². The van der Waals surface area contributed by atoms with E-state index in [4.69, 9.17) is 13.3 Å².